The molecule has 24 heavy (non-hydrogen) atoms. The number of carbonyl (C=O) groups excluding carboxylic acids is 1. The Morgan fingerprint density at radius 2 is 2.00 bits per heavy atom. The van der Waals surface area contributed by atoms with Crippen molar-refractivity contribution in [2.45, 2.75) is 38.1 Å². The fourth-order valence-electron chi connectivity index (χ4n) is 3.99. The predicted molar refractivity (Wildman–Crippen MR) is 98.2 cm³/mol. The van der Waals surface area contributed by atoms with Crippen molar-refractivity contribution in [2.75, 3.05) is 26.3 Å². The average Bonchev–Trinajstić information content (AvgIpc) is 3.27. The highest BCUT2D eigenvalue weighted by atomic mass is 35.5. The topological polar surface area (TPSA) is 55.6 Å². The molecule has 5 heteroatoms. The third-order valence-electron chi connectivity index (χ3n) is 5.39. The summed E-state index contributed by atoms with van der Waals surface area (Å²) in [6, 6.07) is 10.6. The van der Waals surface area contributed by atoms with Crippen LogP contribution >= 0.6 is 12.4 Å². The Labute approximate surface area is 151 Å². The van der Waals surface area contributed by atoms with Crippen LogP contribution in [0.4, 0.5) is 0 Å². The van der Waals surface area contributed by atoms with Crippen LogP contribution in [0.5, 0.6) is 0 Å². The van der Waals surface area contributed by atoms with Gasteiger partial charge in [-0.05, 0) is 43.7 Å². The normalized spacial score (nSPS) is 26.1. The number of benzene rings is 1. The number of nitrogens with two attached hydrogens (primary N) is 1. The van der Waals surface area contributed by atoms with Crippen molar-refractivity contribution in [1.29, 1.82) is 0 Å². The van der Waals surface area contributed by atoms with Crippen molar-refractivity contribution in [1.82, 2.24) is 4.90 Å². The number of amides is 1. The second kappa shape index (κ2) is 9.40. The van der Waals surface area contributed by atoms with Crippen molar-refractivity contribution in [2.24, 2.45) is 17.6 Å². The summed E-state index contributed by atoms with van der Waals surface area (Å²) in [7, 11) is 0. The molecule has 1 aliphatic heterocycles. The van der Waals surface area contributed by atoms with E-state index in [1.165, 1.54) is 5.56 Å². The average molecular weight is 353 g/mol. The minimum absolute atomic E-state index is 0. The van der Waals surface area contributed by atoms with E-state index in [4.69, 9.17) is 10.5 Å². The minimum atomic E-state index is 0. The van der Waals surface area contributed by atoms with Gasteiger partial charge in [-0.15, -0.1) is 12.4 Å². The van der Waals surface area contributed by atoms with Crippen molar-refractivity contribution in [3.63, 3.8) is 0 Å². The minimum Gasteiger partial charge on any atom is -0.379 e. The summed E-state index contributed by atoms with van der Waals surface area (Å²) in [5, 5.41) is 0. The summed E-state index contributed by atoms with van der Waals surface area (Å²) in [6.07, 6.45) is 5.09. The van der Waals surface area contributed by atoms with Crippen LogP contribution in [0, 0.1) is 11.8 Å². The summed E-state index contributed by atoms with van der Waals surface area (Å²) >= 11 is 0. The molecular formula is C19H29ClN2O2. The van der Waals surface area contributed by atoms with Crippen molar-refractivity contribution in [3.05, 3.63) is 35.9 Å². The number of carbonyl (C=O) groups is 1. The first-order chi connectivity index (χ1) is 11.3. The Morgan fingerprint density at radius 1 is 1.21 bits per heavy atom. The van der Waals surface area contributed by atoms with E-state index in [9.17, 15) is 4.79 Å². The molecule has 2 fully saturated rings. The second-order valence-corrected chi connectivity index (χ2v) is 6.82. The molecule has 3 rings (SSSR count). The van der Waals surface area contributed by atoms with Crippen LogP contribution < -0.4 is 5.73 Å². The van der Waals surface area contributed by atoms with E-state index >= 15 is 0 Å². The van der Waals surface area contributed by atoms with Crippen LogP contribution in [0.1, 0.15) is 31.2 Å². The SMILES string of the molecule is Cl.NC[C@H]1CCC[C@H]1C(=O)N(CCc1ccccc1)C1CCOC1. The van der Waals surface area contributed by atoms with Gasteiger partial charge in [0.15, 0.2) is 0 Å². The largest absolute Gasteiger partial charge is 0.379 e. The van der Waals surface area contributed by atoms with Crippen molar-refractivity contribution in [3.8, 4) is 0 Å². The molecule has 2 aliphatic rings. The zero-order chi connectivity index (χ0) is 16.1. The van der Waals surface area contributed by atoms with Gasteiger partial charge in [-0.25, -0.2) is 0 Å². The summed E-state index contributed by atoms with van der Waals surface area (Å²) in [4.78, 5) is 15.2. The molecule has 0 bridgehead atoms. The van der Waals surface area contributed by atoms with Crippen LogP contribution in [0.25, 0.3) is 0 Å². The molecule has 1 heterocycles. The lowest BCUT2D eigenvalue weighted by Gasteiger charge is -2.32. The number of ether oxygens (including phenoxy) is 1. The summed E-state index contributed by atoms with van der Waals surface area (Å²) < 4.78 is 5.54. The molecule has 0 radical (unpaired) electrons. The van der Waals surface area contributed by atoms with Gasteiger partial charge in [-0.2, -0.15) is 0 Å². The van der Waals surface area contributed by atoms with Crippen LogP contribution in [0.3, 0.4) is 0 Å². The van der Waals surface area contributed by atoms with Gasteiger partial charge in [-0.1, -0.05) is 36.8 Å². The Hall–Kier alpha value is -1.10. The molecule has 1 saturated carbocycles. The van der Waals surface area contributed by atoms with Crippen molar-refractivity contribution < 1.29 is 9.53 Å². The fourth-order valence-corrected chi connectivity index (χ4v) is 3.99. The van der Waals surface area contributed by atoms with Crippen molar-refractivity contribution >= 4 is 18.3 Å². The van der Waals surface area contributed by atoms with Gasteiger partial charge in [0.05, 0.1) is 12.6 Å². The number of hydrogen-bond donors (Lipinski definition) is 1. The highest BCUT2D eigenvalue weighted by Gasteiger charge is 2.37. The Bertz CT molecular complexity index is 505. The maximum atomic E-state index is 13.1. The maximum absolute atomic E-state index is 13.1. The standard InChI is InChI=1S/C19H28N2O2.ClH/c20-13-16-7-4-8-18(16)19(22)21(17-10-12-23-14-17)11-9-15-5-2-1-3-6-15;/h1-3,5-6,16-18H,4,7-14,20H2;1H/t16-,17?,18-;/m1./s1. The lowest BCUT2D eigenvalue weighted by molar-refractivity contribution is -0.139. The molecule has 1 aromatic carbocycles. The first kappa shape index (κ1) is 19.2. The van der Waals surface area contributed by atoms with Crippen LogP contribution in [-0.2, 0) is 16.0 Å². The number of hydrogen-bond acceptors (Lipinski definition) is 3. The van der Waals surface area contributed by atoms with Crippen LogP contribution in [0.2, 0.25) is 0 Å². The molecule has 0 spiro atoms. The van der Waals surface area contributed by atoms with Gasteiger partial charge in [0.1, 0.15) is 0 Å². The molecule has 1 unspecified atom stereocenters. The van der Waals surface area contributed by atoms with Gasteiger partial charge in [-0.3, -0.25) is 4.79 Å². The highest BCUT2D eigenvalue weighted by Crippen LogP contribution is 2.33. The first-order valence-electron chi connectivity index (χ1n) is 8.92. The van der Waals surface area contributed by atoms with Gasteiger partial charge in [0.25, 0.3) is 0 Å². The second-order valence-electron chi connectivity index (χ2n) is 6.82. The van der Waals surface area contributed by atoms with Gasteiger partial charge in [0, 0.05) is 19.1 Å². The molecule has 4 nitrogen and oxygen atoms in total. The number of rotatable bonds is 6. The predicted octanol–water partition coefficient (Wildman–Crippen LogP) is 2.64. The summed E-state index contributed by atoms with van der Waals surface area (Å²) in [6.45, 7) is 2.86. The maximum Gasteiger partial charge on any atom is 0.226 e. The molecule has 1 aromatic rings. The third-order valence-corrected chi connectivity index (χ3v) is 5.39. The van der Waals surface area contributed by atoms with E-state index in [2.05, 4.69) is 29.2 Å². The Morgan fingerprint density at radius 3 is 2.67 bits per heavy atom. The van der Waals surface area contributed by atoms with Gasteiger partial charge < -0.3 is 15.4 Å². The van der Waals surface area contributed by atoms with Crippen LogP contribution in [0.15, 0.2) is 30.3 Å². The summed E-state index contributed by atoms with van der Waals surface area (Å²) in [5.74, 6) is 0.796. The van der Waals surface area contributed by atoms with E-state index in [1.807, 2.05) is 6.07 Å². The smallest absolute Gasteiger partial charge is 0.226 e. The zero-order valence-electron chi connectivity index (χ0n) is 14.2. The lowest BCUT2D eigenvalue weighted by Crippen LogP contribution is -2.46. The van der Waals surface area contributed by atoms with Gasteiger partial charge >= 0.3 is 0 Å². The molecular weight excluding hydrogens is 324 g/mol. The Balaban J connectivity index is 0.00000208. The summed E-state index contributed by atoms with van der Waals surface area (Å²) in [5.41, 5.74) is 7.17. The third kappa shape index (κ3) is 4.50. The molecule has 1 aliphatic carbocycles. The van der Waals surface area contributed by atoms with E-state index in [0.29, 0.717) is 25.0 Å². The molecule has 3 atom stereocenters. The Kier molecular flexibility index (Phi) is 7.53. The number of nitrogens with zero attached hydrogens (tertiary/aromatic N) is 1. The monoisotopic (exact) mass is 352 g/mol. The molecule has 0 aromatic heterocycles. The van der Waals surface area contributed by atoms with E-state index in [0.717, 1.165) is 45.3 Å². The quantitative estimate of drug-likeness (QED) is 0.856. The van der Waals surface area contributed by atoms with E-state index in [1.54, 1.807) is 0 Å². The zero-order valence-corrected chi connectivity index (χ0v) is 15.0. The van der Waals surface area contributed by atoms with Crippen LogP contribution in [-0.4, -0.2) is 43.2 Å². The molecule has 1 amide bonds. The lowest BCUT2D eigenvalue weighted by atomic mass is 9.93. The number of halogens is 1. The van der Waals surface area contributed by atoms with Gasteiger partial charge in [0.2, 0.25) is 5.91 Å². The highest BCUT2D eigenvalue weighted by molar-refractivity contribution is 5.85. The fraction of sp³-hybridized carbons (Fsp3) is 0.632. The van der Waals surface area contributed by atoms with E-state index in [-0.39, 0.29) is 24.4 Å². The molecule has 2 N–H and O–H groups in total. The van der Waals surface area contributed by atoms with E-state index < -0.39 is 0 Å². The first-order valence-corrected chi connectivity index (χ1v) is 8.92. The molecule has 1 saturated heterocycles. The molecule has 134 valence electrons.